The van der Waals surface area contributed by atoms with Gasteiger partial charge in [-0.2, -0.15) is 0 Å². The Morgan fingerprint density at radius 3 is 2.62 bits per heavy atom. The van der Waals surface area contributed by atoms with Crippen LogP contribution < -0.4 is 0 Å². The minimum Gasteiger partial charge on any atom is -0.458 e. The smallest absolute Gasteiger partial charge is 0.335 e. The highest BCUT2D eigenvalue weighted by molar-refractivity contribution is 5.94. The standard InChI is InChI=1S/C16H20O8/c1-8(2)13(17)21-7-22-14(18)9(3)15(19)23-11-5-4-10-6-12(11)24-16(10)20/h9-12H,1,4-7H2,2-3H3. The van der Waals surface area contributed by atoms with Gasteiger partial charge in [-0.1, -0.05) is 6.58 Å². The number of hydrogen-bond donors (Lipinski definition) is 0. The third-order valence-corrected chi connectivity index (χ3v) is 4.05. The van der Waals surface area contributed by atoms with Crippen LogP contribution in [0.1, 0.15) is 33.1 Å². The molecule has 1 heterocycles. The Morgan fingerprint density at radius 1 is 1.25 bits per heavy atom. The van der Waals surface area contributed by atoms with Gasteiger partial charge >= 0.3 is 23.9 Å². The molecule has 1 aliphatic heterocycles. The number of hydrogen-bond acceptors (Lipinski definition) is 8. The van der Waals surface area contributed by atoms with Crippen molar-refractivity contribution in [1.82, 2.24) is 0 Å². The van der Waals surface area contributed by atoms with E-state index >= 15 is 0 Å². The molecule has 1 saturated heterocycles. The Bertz CT molecular complexity index is 566. The van der Waals surface area contributed by atoms with Crippen LogP contribution in [0.2, 0.25) is 0 Å². The lowest BCUT2D eigenvalue weighted by Gasteiger charge is -2.26. The highest BCUT2D eigenvalue weighted by Crippen LogP contribution is 2.36. The average Bonchev–Trinajstić information content (AvgIpc) is 2.84. The van der Waals surface area contributed by atoms with Crippen LogP contribution in [0, 0.1) is 11.8 Å². The first-order valence-corrected chi connectivity index (χ1v) is 7.70. The summed E-state index contributed by atoms with van der Waals surface area (Å²) in [4.78, 5) is 46.4. The molecule has 4 atom stereocenters. The Kier molecular flexibility index (Phi) is 5.58. The van der Waals surface area contributed by atoms with E-state index in [4.69, 9.17) is 14.2 Å². The van der Waals surface area contributed by atoms with Crippen molar-refractivity contribution in [2.75, 3.05) is 6.79 Å². The first-order chi connectivity index (χ1) is 11.3. The summed E-state index contributed by atoms with van der Waals surface area (Å²) in [7, 11) is 0. The molecule has 8 heteroatoms. The van der Waals surface area contributed by atoms with E-state index in [1.807, 2.05) is 0 Å². The van der Waals surface area contributed by atoms with Crippen molar-refractivity contribution >= 4 is 23.9 Å². The Balaban J connectivity index is 1.77. The summed E-state index contributed by atoms with van der Waals surface area (Å²) in [5.41, 5.74) is 0.167. The van der Waals surface area contributed by atoms with E-state index in [0.717, 1.165) is 0 Å². The van der Waals surface area contributed by atoms with E-state index in [1.165, 1.54) is 13.8 Å². The lowest BCUT2D eigenvalue weighted by atomic mass is 9.88. The van der Waals surface area contributed by atoms with Crippen molar-refractivity contribution in [3.05, 3.63) is 12.2 Å². The average molecular weight is 340 g/mol. The van der Waals surface area contributed by atoms with Gasteiger partial charge in [0.15, 0.2) is 5.92 Å². The minimum absolute atomic E-state index is 0.115. The fourth-order valence-electron chi connectivity index (χ4n) is 2.56. The normalized spacial score (nSPS) is 26.1. The lowest BCUT2D eigenvalue weighted by Crippen LogP contribution is -2.37. The maximum atomic E-state index is 12.0. The van der Waals surface area contributed by atoms with Crippen LogP contribution in [0.3, 0.4) is 0 Å². The number of fused-ring (bicyclic) bond motifs is 2. The molecule has 2 bridgehead atoms. The Morgan fingerprint density at radius 2 is 1.96 bits per heavy atom. The molecule has 4 unspecified atom stereocenters. The van der Waals surface area contributed by atoms with Gasteiger partial charge in [-0.3, -0.25) is 14.4 Å². The van der Waals surface area contributed by atoms with Gasteiger partial charge in [0.1, 0.15) is 12.2 Å². The van der Waals surface area contributed by atoms with Gasteiger partial charge in [-0.15, -0.1) is 0 Å². The van der Waals surface area contributed by atoms with Crippen LogP contribution in [0.5, 0.6) is 0 Å². The van der Waals surface area contributed by atoms with Gasteiger partial charge in [-0.05, 0) is 26.7 Å². The van der Waals surface area contributed by atoms with Crippen molar-refractivity contribution in [3.8, 4) is 0 Å². The van der Waals surface area contributed by atoms with Crippen LogP contribution in [-0.4, -0.2) is 42.9 Å². The summed E-state index contributed by atoms with van der Waals surface area (Å²) < 4.78 is 19.8. The predicted molar refractivity (Wildman–Crippen MR) is 78.1 cm³/mol. The highest BCUT2D eigenvalue weighted by atomic mass is 16.7. The quantitative estimate of drug-likeness (QED) is 0.231. The zero-order chi connectivity index (χ0) is 17.9. The molecule has 0 aromatic rings. The molecule has 0 aromatic heterocycles. The van der Waals surface area contributed by atoms with Gasteiger partial charge in [-0.25, -0.2) is 4.79 Å². The Labute approximate surface area is 139 Å². The third kappa shape index (κ3) is 4.12. The first-order valence-electron chi connectivity index (χ1n) is 7.70. The van der Waals surface area contributed by atoms with Gasteiger partial charge in [0.2, 0.25) is 6.79 Å². The van der Waals surface area contributed by atoms with Crippen molar-refractivity contribution in [3.63, 3.8) is 0 Å². The minimum atomic E-state index is -1.18. The molecule has 2 rings (SSSR count). The highest BCUT2D eigenvalue weighted by Gasteiger charge is 2.45. The van der Waals surface area contributed by atoms with E-state index < -0.39 is 42.8 Å². The Hall–Kier alpha value is -2.38. The second-order valence-corrected chi connectivity index (χ2v) is 5.98. The molecule has 0 amide bonds. The number of rotatable bonds is 6. The number of carbonyl (C=O) groups is 4. The summed E-state index contributed by atoms with van der Waals surface area (Å²) in [5, 5.41) is 0. The van der Waals surface area contributed by atoms with E-state index in [9.17, 15) is 19.2 Å². The van der Waals surface area contributed by atoms with E-state index in [0.29, 0.717) is 19.3 Å². The molecule has 2 aliphatic rings. The zero-order valence-electron chi connectivity index (χ0n) is 13.6. The molecule has 2 fully saturated rings. The summed E-state index contributed by atoms with van der Waals surface area (Å²) >= 11 is 0. The zero-order valence-corrected chi connectivity index (χ0v) is 13.6. The monoisotopic (exact) mass is 340 g/mol. The second kappa shape index (κ2) is 7.46. The van der Waals surface area contributed by atoms with E-state index in [2.05, 4.69) is 11.3 Å². The van der Waals surface area contributed by atoms with Crippen molar-refractivity contribution in [1.29, 1.82) is 0 Å². The summed E-state index contributed by atoms with van der Waals surface area (Å²) in [6, 6.07) is 0. The number of esters is 4. The van der Waals surface area contributed by atoms with Crippen LogP contribution in [-0.2, 0) is 38.1 Å². The molecule has 0 radical (unpaired) electrons. The lowest BCUT2D eigenvalue weighted by molar-refractivity contribution is -0.177. The molecule has 8 nitrogen and oxygen atoms in total. The predicted octanol–water partition coefficient (Wildman–Crippen LogP) is 0.880. The summed E-state index contributed by atoms with van der Waals surface area (Å²) in [5.74, 6) is -3.88. The fourth-order valence-corrected chi connectivity index (χ4v) is 2.56. The second-order valence-electron chi connectivity index (χ2n) is 5.98. The number of carbonyl (C=O) groups excluding carboxylic acids is 4. The van der Waals surface area contributed by atoms with Crippen LogP contribution >= 0.6 is 0 Å². The number of ether oxygens (including phenoxy) is 4. The van der Waals surface area contributed by atoms with Crippen molar-refractivity contribution in [2.24, 2.45) is 11.8 Å². The topological polar surface area (TPSA) is 105 Å². The van der Waals surface area contributed by atoms with Gasteiger partial charge in [0.25, 0.3) is 0 Å². The SMILES string of the molecule is C=C(C)C(=O)OCOC(=O)C(C)C(=O)OC1CCC2CC1OC2=O. The van der Waals surface area contributed by atoms with Crippen LogP contribution in [0.25, 0.3) is 0 Å². The van der Waals surface area contributed by atoms with E-state index in [-0.39, 0.29) is 17.5 Å². The molecular weight excluding hydrogens is 320 g/mol. The molecular formula is C16H20O8. The fraction of sp³-hybridized carbons (Fsp3) is 0.625. The van der Waals surface area contributed by atoms with Crippen LogP contribution in [0.15, 0.2) is 12.2 Å². The maximum absolute atomic E-state index is 12.0. The first kappa shape index (κ1) is 18.0. The summed E-state index contributed by atoms with van der Waals surface area (Å²) in [6.45, 7) is 5.56. The van der Waals surface area contributed by atoms with Gasteiger partial charge in [0.05, 0.1) is 5.92 Å². The molecule has 0 spiro atoms. The largest absolute Gasteiger partial charge is 0.458 e. The van der Waals surface area contributed by atoms with Gasteiger partial charge < -0.3 is 18.9 Å². The maximum Gasteiger partial charge on any atom is 0.335 e. The van der Waals surface area contributed by atoms with Gasteiger partial charge in [0, 0.05) is 12.0 Å². The van der Waals surface area contributed by atoms with E-state index in [1.54, 1.807) is 0 Å². The molecule has 132 valence electrons. The molecule has 1 aliphatic carbocycles. The van der Waals surface area contributed by atoms with Crippen LogP contribution in [0.4, 0.5) is 0 Å². The molecule has 1 saturated carbocycles. The molecule has 0 aromatic carbocycles. The molecule has 24 heavy (non-hydrogen) atoms. The summed E-state index contributed by atoms with van der Waals surface area (Å²) in [6.07, 6.45) is 0.664. The van der Waals surface area contributed by atoms with Crippen molar-refractivity contribution in [2.45, 2.75) is 45.3 Å². The third-order valence-electron chi connectivity index (χ3n) is 4.05. The van der Waals surface area contributed by atoms with Crippen molar-refractivity contribution < 1.29 is 38.1 Å². The molecule has 0 N–H and O–H groups in total.